The number of rotatable bonds is 1. The van der Waals surface area contributed by atoms with Gasteiger partial charge in [0, 0.05) is 23.0 Å². The van der Waals surface area contributed by atoms with Gasteiger partial charge in [-0.15, -0.1) is 6.42 Å². The van der Waals surface area contributed by atoms with E-state index < -0.39 is 5.54 Å². The summed E-state index contributed by atoms with van der Waals surface area (Å²) in [5.41, 5.74) is 4.24. The maximum Gasteiger partial charge on any atom is 0.259 e. The van der Waals surface area contributed by atoms with Crippen molar-refractivity contribution in [3.8, 4) is 12.3 Å². The van der Waals surface area contributed by atoms with Gasteiger partial charge in [0.25, 0.3) is 5.91 Å². The summed E-state index contributed by atoms with van der Waals surface area (Å²) in [6, 6.07) is 16.2. The van der Waals surface area contributed by atoms with Crippen LogP contribution in [0.25, 0.3) is 10.9 Å². The molecule has 2 aliphatic heterocycles. The number of terminal acetylenes is 1. The van der Waals surface area contributed by atoms with Gasteiger partial charge in [0.2, 0.25) is 0 Å². The summed E-state index contributed by atoms with van der Waals surface area (Å²) >= 11 is 0. The number of amides is 1. The molecule has 4 nitrogen and oxygen atoms in total. The average molecular weight is 327 g/mol. The summed E-state index contributed by atoms with van der Waals surface area (Å²) in [6.45, 7) is 1.02. The van der Waals surface area contributed by atoms with E-state index in [0.29, 0.717) is 0 Å². The van der Waals surface area contributed by atoms with E-state index in [2.05, 4.69) is 28.4 Å². The second-order valence-corrected chi connectivity index (χ2v) is 6.56. The third kappa shape index (κ3) is 1.68. The van der Waals surface area contributed by atoms with Gasteiger partial charge in [-0.1, -0.05) is 42.3 Å². The number of anilines is 1. The van der Waals surface area contributed by atoms with Crippen LogP contribution in [0, 0.1) is 12.3 Å². The van der Waals surface area contributed by atoms with Crippen molar-refractivity contribution < 1.29 is 4.79 Å². The van der Waals surface area contributed by atoms with Crippen LogP contribution in [-0.2, 0) is 16.8 Å². The van der Waals surface area contributed by atoms with Gasteiger partial charge >= 0.3 is 0 Å². The van der Waals surface area contributed by atoms with E-state index in [-0.39, 0.29) is 12.5 Å². The number of para-hydroxylation sites is 2. The lowest BCUT2D eigenvalue weighted by atomic mass is 9.82. The van der Waals surface area contributed by atoms with Crippen LogP contribution in [0.15, 0.2) is 48.5 Å². The summed E-state index contributed by atoms with van der Waals surface area (Å²) in [6.07, 6.45) is 6.42. The fraction of sp³-hybridized carbons (Fsp3) is 0.190. The zero-order valence-electron chi connectivity index (χ0n) is 13.7. The Hall–Kier alpha value is -3.03. The van der Waals surface area contributed by atoms with Crippen molar-refractivity contribution >= 4 is 22.5 Å². The number of nitrogens with one attached hydrogen (secondary N) is 2. The second kappa shape index (κ2) is 4.98. The van der Waals surface area contributed by atoms with E-state index in [1.807, 2.05) is 36.4 Å². The topological polar surface area (TPSA) is 48.1 Å². The van der Waals surface area contributed by atoms with Gasteiger partial charge in [-0.2, -0.15) is 0 Å². The largest absolute Gasteiger partial charge is 0.356 e. The minimum atomic E-state index is -0.875. The monoisotopic (exact) mass is 327 g/mol. The van der Waals surface area contributed by atoms with E-state index in [1.165, 1.54) is 10.9 Å². The van der Waals surface area contributed by atoms with Crippen LogP contribution in [-0.4, -0.2) is 24.0 Å². The van der Waals surface area contributed by atoms with E-state index >= 15 is 0 Å². The lowest BCUT2D eigenvalue weighted by molar-refractivity contribution is -0.123. The smallest absolute Gasteiger partial charge is 0.259 e. The third-order valence-electron chi connectivity index (χ3n) is 5.37. The molecule has 1 aromatic heterocycles. The normalized spacial score (nSPS) is 21.4. The van der Waals surface area contributed by atoms with E-state index in [4.69, 9.17) is 6.42 Å². The van der Waals surface area contributed by atoms with Gasteiger partial charge in [0.1, 0.15) is 0 Å². The number of aromatic amines is 1. The van der Waals surface area contributed by atoms with Crippen LogP contribution in [0.5, 0.6) is 0 Å². The molecule has 2 N–H and O–H groups in total. The average Bonchev–Trinajstić information content (AvgIpc) is 3.14. The molecular formula is C21H17N3O. The second-order valence-electron chi connectivity index (χ2n) is 6.56. The summed E-state index contributed by atoms with van der Waals surface area (Å²) < 4.78 is 0. The predicted octanol–water partition coefficient (Wildman–Crippen LogP) is 2.54. The Morgan fingerprint density at radius 2 is 1.96 bits per heavy atom. The van der Waals surface area contributed by atoms with Crippen molar-refractivity contribution in [2.45, 2.75) is 12.0 Å². The number of carbonyl (C=O) groups excluding carboxylic acids is 1. The zero-order chi connectivity index (χ0) is 17.0. The number of fused-ring (bicyclic) bond motifs is 6. The molecular weight excluding hydrogens is 310 g/mol. The first-order valence-electron chi connectivity index (χ1n) is 8.47. The Kier molecular flexibility index (Phi) is 2.85. The molecule has 0 fully saturated rings. The number of hydrogen-bond acceptors (Lipinski definition) is 2. The van der Waals surface area contributed by atoms with Gasteiger partial charge in [0.05, 0.1) is 17.9 Å². The maximum absolute atomic E-state index is 13.5. The van der Waals surface area contributed by atoms with Gasteiger partial charge in [0.15, 0.2) is 5.54 Å². The van der Waals surface area contributed by atoms with E-state index in [1.54, 1.807) is 4.90 Å². The summed E-state index contributed by atoms with van der Waals surface area (Å²) in [4.78, 5) is 18.7. The Morgan fingerprint density at radius 3 is 2.84 bits per heavy atom. The summed E-state index contributed by atoms with van der Waals surface area (Å²) in [5.74, 6) is 2.62. The first-order valence-corrected chi connectivity index (χ1v) is 8.47. The van der Waals surface area contributed by atoms with Crippen molar-refractivity contribution in [3.05, 3.63) is 65.4 Å². The quantitative estimate of drug-likeness (QED) is 0.675. The lowest BCUT2D eigenvalue weighted by Gasteiger charge is -2.34. The highest BCUT2D eigenvalue weighted by Crippen LogP contribution is 2.47. The van der Waals surface area contributed by atoms with Gasteiger partial charge in [-0.3, -0.25) is 15.0 Å². The SMILES string of the molecule is C#CCN1C(=O)[C@]2(NCCc3c2[nH]c2ccccc32)c2ccccc21. The first kappa shape index (κ1) is 14.3. The van der Waals surface area contributed by atoms with Crippen molar-refractivity contribution in [3.63, 3.8) is 0 Å². The molecule has 4 heteroatoms. The predicted molar refractivity (Wildman–Crippen MR) is 98.4 cm³/mol. The molecule has 3 heterocycles. The Morgan fingerprint density at radius 1 is 1.16 bits per heavy atom. The van der Waals surface area contributed by atoms with Gasteiger partial charge < -0.3 is 4.98 Å². The molecule has 0 unspecified atom stereocenters. The minimum absolute atomic E-state index is 0.000781. The summed E-state index contributed by atoms with van der Waals surface area (Å²) in [5, 5.41) is 4.71. The van der Waals surface area contributed by atoms with Crippen molar-refractivity contribution in [1.29, 1.82) is 0 Å². The van der Waals surface area contributed by atoms with Crippen molar-refractivity contribution in [2.75, 3.05) is 18.0 Å². The molecule has 1 amide bonds. The molecule has 122 valence electrons. The first-order chi connectivity index (χ1) is 12.3. The highest BCUT2D eigenvalue weighted by Gasteiger charge is 2.54. The maximum atomic E-state index is 13.5. The molecule has 3 aromatic rings. The Labute approximate surface area is 145 Å². The Bertz CT molecular complexity index is 1060. The highest BCUT2D eigenvalue weighted by atomic mass is 16.2. The molecule has 0 radical (unpaired) electrons. The Balaban J connectivity index is 1.84. The van der Waals surface area contributed by atoms with Crippen LogP contribution in [0.3, 0.4) is 0 Å². The van der Waals surface area contributed by atoms with Crippen molar-refractivity contribution in [2.24, 2.45) is 0 Å². The van der Waals surface area contributed by atoms with Crippen LogP contribution in [0.2, 0.25) is 0 Å². The zero-order valence-corrected chi connectivity index (χ0v) is 13.7. The van der Waals surface area contributed by atoms with Crippen molar-refractivity contribution in [1.82, 2.24) is 10.3 Å². The number of carbonyl (C=O) groups is 1. The standard InChI is InChI=1S/C21H17N3O/c1-2-13-24-18-10-6-4-8-16(18)21(20(24)25)19-15(11-12-22-21)14-7-3-5-9-17(14)23-19/h1,3-10,22-23H,11-13H2/t21-/m0/s1. The van der Waals surface area contributed by atoms with Crippen LogP contribution in [0.1, 0.15) is 16.8 Å². The number of benzene rings is 2. The summed E-state index contributed by atoms with van der Waals surface area (Å²) in [7, 11) is 0. The number of aromatic nitrogens is 1. The highest BCUT2D eigenvalue weighted by molar-refractivity contribution is 6.11. The molecule has 1 spiro atoms. The number of hydrogen-bond donors (Lipinski definition) is 2. The van der Waals surface area contributed by atoms with E-state index in [9.17, 15) is 4.79 Å². The van der Waals surface area contributed by atoms with Gasteiger partial charge in [-0.05, 0) is 24.1 Å². The molecule has 1 atom stereocenters. The number of nitrogens with zero attached hydrogens (tertiary/aromatic N) is 1. The minimum Gasteiger partial charge on any atom is -0.356 e. The molecule has 2 aliphatic rings. The van der Waals surface area contributed by atoms with Crippen LogP contribution in [0.4, 0.5) is 5.69 Å². The van der Waals surface area contributed by atoms with E-state index in [0.717, 1.165) is 35.4 Å². The fourth-order valence-corrected chi connectivity index (χ4v) is 4.36. The van der Waals surface area contributed by atoms with Crippen LogP contribution >= 0.6 is 0 Å². The third-order valence-corrected chi connectivity index (χ3v) is 5.37. The van der Waals surface area contributed by atoms with Crippen LogP contribution < -0.4 is 10.2 Å². The molecule has 0 saturated carbocycles. The number of H-pyrrole nitrogens is 1. The molecule has 0 aliphatic carbocycles. The molecule has 2 aromatic carbocycles. The molecule has 25 heavy (non-hydrogen) atoms. The molecule has 0 saturated heterocycles. The lowest BCUT2D eigenvalue weighted by Crippen LogP contribution is -2.55. The molecule has 5 rings (SSSR count). The molecule has 0 bridgehead atoms. The van der Waals surface area contributed by atoms with Gasteiger partial charge in [-0.25, -0.2) is 0 Å². The fourth-order valence-electron chi connectivity index (χ4n) is 4.36.